The van der Waals surface area contributed by atoms with Crippen molar-refractivity contribution in [2.45, 2.75) is 25.7 Å². The number of hydrogen-bond donors (Lipinski definition) is 2. The predicted molar refractivity (Wildman–Crippen MR) is 27.3 cm³/mol. The van der Waals surface area contributed by atoms with Gasteiger partial charge in [0.1, 0.15) is 0 Å². The highest BCUT2D eigenvalue weighted by atomic mass is 19.1. The summed E-state index contributed by atoms with van der Waals surface area (Å²) >= 11 is 0. The zero-order valence-corrected chi connectivity index (χ0v) is 4.61. The molecule has 0 saturated carbocycles. The molecular weight excluding hydrogens is 95.1 g/mol. The maximum atomic E-state index is 11.9. The standard InChI is InChI=1S/C4H11FN2/c1-4(2,7)3(5)6/h3H,6-7H2,1-2H3. The third-order valence-electron chi connectivity index (χ3n) is 0.711. The van der Waals surface area contributed by atoms with Crippen molar-refractivity contribution in [1.82, 2.24) is 0 Å². The second-order valence-corrected chi connectivity index (χ2v) is 2.22. The van der Waals surface area contributed by atoms with Crippen molar-refractivity contribution in [2.75, 3.05) is 0 Å². The van der Waals surface area contributed by atoms with E-state index >= 15 is 0 Å². The van der Waals surface area contributed by atoms with E-state index in [9.17, 15) is 4.39 Å². The first kappa shape index (κ1) is 6.85. The summed E-state index contributed by atoms with van der Waals surface area (Å²) in [6, 6.07) is 0. The van der Waals surface area contributed by atoms with Gasteiger partial charge in [-0.05, 0) is 13.8 Å². The van der Waals surface area contributed by atoms with Crippen LogP contribution in [0, 0.1) is 0 Å². The molecule has 0 spiro atoms. The van der Waals surface area contributed by atoms with Crippen LogP contribution in [0.5, 0.6) is 0 Å². The largest absolute Gasteiger partial charge is 0.322 e. The Kier molecular flexibility index (Phi) is 1.72. The normalized spacial score (nSPS) is 16.7. The summed E-state index contributed by atoms with van der Waals surface area (Å²) in [7, 11) is 0. The summed E-state index contributed by atoms with van der Waals surface area (Å²) in [4.78, 5) is 0. The Hall–Kier alpha value is -0.150. The monoisotopic (exact) mass is 106 g/mol. The van der Waals surface area contributed by atoms with Crippen LogP contribution in [-0.4, -0.2) is 11.8 Å². The van der Waals surface area contributed by atoms with Crippen LogP contribution in [0.4, 0.5) is 4.39 Å². The molecule has 0 aliphatic heterocycles. The fourth-order valence-corrected chi connectivity index (χ4v) is 0. The van der Waals surface area contributed by atoms with Gasteiger partial charge in [0.25, 0.3) is 0 Å². The van der Waals surface area contributed by atoms with Gasteiger partial charge in [-0.2, -0.15) is 0 Å². The van der Waals surface area contributed by atoms with E-state index in [1.807, 2.05) is 0 Å². The fraction of sp³-hybridized carbons (Fsp3) is 1.00. The van der Waals surface area contributed by atoms with E-state index in [0.717, 1.165) is 0 Å². The van der Waals surface area contributed by atoms with Gasteiger partial charge < -0.3 is 11.5 Å². The summed E-state index contributed by atoms with van der Waals surface area (Å²) in [6.07, 6.45) is -1.42. The first-order chi connectivity index (χ1) is 2.94. The number of hydrogen-bond acceptors (Lipinski definition) is 2. The Morgan fingerprint density at radius 2 is 1.71 bits per heavy atom. The third-order valence-corrected chi connectivity index (χ3v) is 0.711. The van der Waals surface area contributed by atoms with Gasteiger partial charge in [0, 0.05) is 0 Å². The molecule has 0 amide bonds. The molecule has 0 radical (unpaired) electrons. The van der Waals surface area contributed by atoms with E-state index in [4.69, 9.17) is 11.5 Å². The molecule has 0 aliphatic carbocycles. The second-order valence-electron chi connectivity index (χ2n) is 2.22. The minimum absolute atomic E-state index is 0.889. The SMILES string of the molecule is CC(C)(N)C(N)F. The lowest BCUT2D eigenvalue weighted by Crippen LogP contribution is -2.47. The van der Waals surface area contributed by atoms with E-state index in [-0.39, 0.29) is 0 Å². The molecule has 0 saturated heterocycles. The predicted octanol–water partition coefficient (Wildman–Crippen LogP) is -0.0220. The number of nitrogens with two attached hydrogens (primary N) is 2. The second kappa shape index (κ2) is 1.76. The summed E-state index contributed by atoms with van der Waals surface area (Å²) in [5.41, 5.74) is 9.07. The van der Waals surface area contributed by atoms with Gasteiger partial charge in [-0.3, -0.25) is 0 Å². The Bertz CT molecular complexity index is 55.2. The highest BCUT2D eigenvalue weighted by Crippen LogP contribution is 2.01. The van der Waals surface area contributed by atoms with E-state index in [2.05, 4.69) is 0 Å². The van der Waals surface area contributed by atoms with Crippen molar-refractivity contribution in [2.24, 2.45) is 11.5 Å². The lowest BCUT2D eigenvalue weighted by Gasteiger charge is -2.18. The minimum atomic E-state index is -1.42. The molecule has 2 nitrogen and oxygen atoms in total. The van der Waals surface area contributed by atoms with E-state index in [0.29, 0.717) is 0 Å². The summed E-state index contributed by atoms with van der Waals surface area (Å²) < 4.78 is 11.9. The topological polar surface area (TPSA) is 52.0 Å². The number of rotatable bonds is 1. The smallest absolute Gasteiger partial charge is 0.166 e. The summed E-state index contributed by atoms with van der Waals surface area (Å²) in [5.74, 6) is 0. The fourth-order valence-electron chi connectivity index (χ4n) is 0. The molecule has 4 N–H and O–H groups in total. The van der Waals surface area contributed by atoms with Crippen LogP contribution < -0.4 is 11.5 Å². The molecule has 0 heterocycles. The molecule has 0 bridgehead atoms. The van der Waals surface area contributed by atoms with Crippen LogP contribution in [0.1, 0.15) is 13.8 Å². The highest BCUT2D eigenvalue weighted by Gasteiger charge is 2.19. The van der Waals surface area contributed by atoms with Gasteiger partial charge in [-0.15, -0.1) is 0 Å². The minimum Gasteiger partial charge on any atom is -0.322 e. The zero-order valence-electron chi connectivity index (χ0n) is 4.61. The van der Waals surface area contributed by atoms with Gasteiger partial charge in [-0.25, -0.2) is 4.39 Å². The first-order valence-corrected chi connectivity index (χ1v) is 2.13. The Morgan fingerprint density at radius 3 is 1.71 bits per heavy atom. The van der Waals surface area contributed by atoms with E-state index in [1.54, 1.807) is 0 Å². The van der Waals surface area contributed by atoms with Crippen molar-refractivity contribution in [3.8, 4) is 0 Å². The van der Waals surface area contributed by atoms with Crippen LogP contribution >= 0.6 is 0 Å². The molecule has 0 aromatic carbocycles. The van der Waals surface area contributed by atoms with Gasteiger partial charge >= 0.3 is 0 Å². The van der Waals surface area contributed by atoms with Crippen molar-refractivity contribution < 1.29 is 4.39 Å². The third kappa shape index (κ3) is 2.53. The molecule has 0 rings (SSSR count). The van der Waals surface area contributed by atoms with Crippen molar-refractivity contribution >= 4 is 0 Å². The summed E-state index contributed by atoms with van der Waals surface area (Å²) in [6.45, 7) is 3.08. The molecule has 3 heteroatoms. The molecule has 44 valence electrons. The Balaban J connectivity index is 3.54. The average Bonchev–Trinajstić information content (AvgIpc) is 1.31. The van der Waals surface area contributed by atoms with Gasteiger partial charge in [0.15, 0.2) is 6.30 Å². The highest BCUT2D eigenvalue weighted by molar-refractivity contribution is 4.76. The van der Waals surface area contributed by atoms with Crippen LogP contribution in [0.15, 0.2) is 0 Å². The molecule has 0 fully saturated rings. The van der Waals surface area contributed by atoms with Crippen molar-refractivity contribution in [3.05, 3.63) is 0 Å². The maximum Gasteiger partial charge on any atom is 0.166 e. The molecule has 7 heavy (non-hydrogen) atoms. The first-order valence-electron chi connectivity index (χ1n) is 2.13. The number of halogens is 1. The van der Waals surface area contributed by atoms with Crippen molar-refractivity contribution in [1.29, 1.82) is 0 Å². The molecule has 0 aromatic rings. The van der Waals surface area contributed by atoms with Gasteiger partial charge in [-0.1, -0.05) is 0 Å². The molecule has 1 unspecified atom stereocenters. The Morgan fingerprint density at radius 1 is 1.57 bits per heavy atom. The van der Waals surface area contributed by atoms with E-state index in [1.165, 1.54) is 13.8 Å². The number of alkyl halides is 1. The average molecular weight is 106 g/mol. The quantitative estimate of drug-likeness (QED) is 0.461. The van der Waals surface area contributed by atoms with Crippen LogP contribution in [0.3, 0.4) is 0 Å². The Labute approximate surface area is 42.7 Å². The lowest BCUT2D eigenvalue weighted by atomic mass is 10.1. The molecule has 1 atom stereocenters. The summed E-state index contributed by atoms with van der Waals surface area (Å²) in [5, 5.41) is 0. The van der Waals surface area contributed by atoms with Gasteiger partial charge in [0.05, 0.1) is 5.54 Å². The zero-order chi connectivity index (χ0) is 6.08. The van der Waals surface area contributed by atoms with Crippen LogP contribution in [0.2, 0.25) is 0 Å². The maximum absolute atomic E-state index is 11.9. The molecule has 0 aromatic heterocycles. The molecule has 0 aliphatic rings. The molecular formula is C4H11FN2. The van der Waals surface area contributed by atoms with Crippen molar-refractivity contribution in [3.63, 3.8) is 0 Å². The van der Waals surface area contributed by atoms with Crippen LogP contribution in [0.25, 0.3) is 0 Å². The lowest BCUT2D eigenvalue weighted by molar-refractivity contribution is 0.227. The van der Waals surface area contributed by atoms with Crippen LogP contribution in [-0.2, 0) is 0 Å². The van der Waals surface area contributed by atoms with E-state index < -0.39 is 11.8 Å². The van der Waals surface area contributed by atoms with Gasteiger partial charge in [0.2, 0.25) is 0 Å².